The smallest absolute Gasteiger partial charge is 0.248 e. The SMILES string of the molecule is Cc1cccc(C)c1N(C(=O)Cc1cccs1)[C@H](C(=O)NC1CCCC1)c1ccc(F)cc1. The summed E-state index contributed by atoms with van der Waals surface area (Å²) in [5.41, 5.74) is 3.15. The Morgan fingerprint density at radius 3 is 2.30 bits per heavy atom. The highest BCUT2D eigenvalue weighted by atomic mass is 32.1. The number of anilines is 1. The predicted molar refractivity (Wildman–Crippen MR) is 131 cm³/mol. The van der Waals surface area contributed by atoms with Crippen LogP contribution in [0.1, 0.15) is 53.3 Å². The van der Waals surface area contributed by atoms with Gasteiger partial charge in [0.25, 0.3) is 0 Å². The normalized spacial score (nSPS) is 14.8. The van der Waals surface area contributed by atoms with Gasteiger partial charge in [-0.25, -0.2) is 4.39 Å². The molecule has 1 fully saturated rings. The van der Waals surface area contributed by atoms with Gasteiger partial charge in [-0.15, -0.1) is 11.3 Å². The summed E-state index contributed by atoms with van der Waals surface area (Å²) in [5.74, 6) is -0.765. The van der Waals surface area contributed by atoms with Gasteiger partial charge >= 0.3 is 0 Å². The monoisotopic (exact) mass is 464 g/mol. The molecule has 1 N–H and O–H groups in total. The molecular formula is C27H29FN2O2S. The Morgan fingerprint density at radius 2 is 1.70 bits per heavy atom. The van der Waals surface area contributed by atoms with Crippen molar-refractivity contribution in [1.29, 1.82) is 0 Å². The van der Waals surface area contributed by atoms with Crippen LogP contribution < -0.4 is 10.2 Å². The Labute approximate surface area is 198 Å². The molecule has 3 aromatic rings. The number of hydrogen-bond acceptors (Lipinski definition) is 3. The van der Waals surface area contributed by atoms with Crippen molar-refractivity contribution in [2.24, 2.45) is 0 Å². The van der Waals surface area contributed by atoms with Crippen molar-refractivity contribution >= 4 is 28.8 Å². The Kier molecular flexibility index (Phi) is 7.23. The minimum absolute atomic E-state index is 0.104. The molecular weight excluding hydrogens is 435 g/mol. The van der Waals surface area contributed by atoms with Gasteiger partial charge in [0.15, 0.2) is 0 Å². The number of benzene rings is 2. The maximum absolute atomic E-state index is 13.8. The summed E-state index contributed by atoms with van der Waals surface area (Å²) < 4.78 is 13.8. The molecule has 1 atom stereocenters. The first-order chi connectivity index (χ1) is 15.9. The molecule has 1 aliphatic rings. The van der Waals surface area contributed by atoms with Crippen LogP contribution in [0.25, 0.3) is 0 Å². The molecule has 6 heteroatoms. The average Bonchev–Trinajstić information content (AvgIpc) is 3.48. The molecule has 0 bridgehead atoms. The summed E-state index contributed by atoms with van der Waals surface area (Å²) in [7, 11) is 0. The summed E-state index contributed by atoms with van der Waals surface area (Å²) in [6, 6.07) is 14.8. The van der Waals surface area contributed by atoms with Gasteiger partial charge in [0.2, 0.25) is 11.8 Å². The van der Waals surface area contributed by atoms with Crippen molar-refractivity contribution in [2.45, 2.75) is 58.0 Å². The fraction of sp³-hybridized carbons (Fsp3) is 0.333. The van der Waals surface area contributed by atoms with E-state index in [1.54, 1.807) is 17.0 Å². The van der Waals surface area contributed by atoms with Gasteiger partial charge in [0, 0.05) is 10.9 Å². The second-order valence-corrected chi connectivity index (χ2v) is 9.74. The fourth-order valence-corrected chi connectivity index (χ4v) is 5.34. The van der Waals surface area contributed by atoms with Crippen LogP contribution in [-0.4, -0.2) is 17.9 Å². The Bertz CT molecular complexity index is 1090. The zero-order valence-corrected chi connectivity index (χ0v) is 19.8. The second-order valence-electron chi connectivity index (χ2n) is 8.70. The van der Waals surface area contributed by atoms with Gasteiger partial charge in [-0.3, -0.25) is 14.5 Å². The van der Waals surface area contributed by atoms with E-state index < -0.39 is 6.04 Å². The van der Waals surface area contributed by atoms with Crippen LogP contribution in [0.3, 0.4) is 0 Å². The number of thiophene rings is 1. The lowest BCUT2D eigenvalue weighted by molar-refractivity contribution is -0.127. The van der Waals surface area contributed by atoms with Crippen molar-refractivity contribution in [2.75, 3.05) is 4.90 Å². The van der Waals surface area contributed by atoms with Crippen LogP contribution in [0.5, 0.6) is 0 Å². The van der Waals surface area contributed by atoms with Gasteiger partial charge < -0.3 is 5.32 Å². The summed E-state index contributed by atoms with van der Waals surface area (Å²) in [4.78, 5) is 30.1. The summed E-state index contributed by atoms with van der Waals surface area (Å²) in [5, 5.41) is 5.11. The van der Waals surface area contributed by atoms with Crippen LogP contribution in [0.2, 0.25) is 0 Å². The third-order valence-electron chi connectivity index (χ3n) is 6.25. The van der Waals surface area contributed by atoms with E-state index in [2.05, 4.69) is 5.32 Å². The third kappa shape index (κ3) is 5.33. The average molecular weight is 465 g/mol. The van der Waals surface area contributed by atoms with Gasteiger partial charge in [-0.05, 0) is 67.0 Å². The highest BCUT2D eigenvalue weighted by Crippen LogP contribution is 2.34. The molecule has 4 rings (SSSR count). The first-order valence-corrected chi connectivity index (χ1v) is 12.3. The molecule has 0 spiro atoms. The zero-order valence-electron chi connectivity index (χ0n) is 19.0. The van der Waals surface area contributed by atoms with Gasteiger partial charge in [0.05, 0.1) is 12.1 Å². The minimum Gasteiger partial charge on any atom is -0.351 e. The number of carbonyl (C=O) groups is 2. The van der Waals surface area contributed by atoms with Crippen molar-refractivity contribution in [3.05, 3.63) is 87.4 Å². The van der Waals surface area contributed by atoms with Crippen molar-refractivity contribution in [3.63, 3.8) is 0 Å². The van der Waals surface area contributed by atoms with Crippen LogP contribution >= 0.6 is 11.3 Å². The molecule has 0 radical (unpaired) electrons. The number of nitrogens with one attached hydrogen (secondary N) is 1. The molecule has 0 aliphatic heterocycles. The maximum atomic E-state index is 13.8. The quantitative estimate of drug-likeness (QED) is 0.475. The lowest BCUT2D eigenvalue weighted by Gasteiger charge is -2.34. The maximum Gasteiger partial charge on any atom is 0.248 e. The molecule has 2 aromatic carbocycles. The van der Waals surface area contributed by atoms with Crippen molar-refractivity contribution in [1.82, 2.24) is 5.32 Å². The van der Waals surface area contributed by atoms with Gasteiger partial charge in [-0.1, -0.05) is 49.2 Å². The highest BCUT2D eigenvalue weighted by molar-refractivity contribution is 7.10. The highest BCUT2D eigenvalue weighted by Gasteiger charge is 2.35. The molecule has 33 heavy (non-hydrogen) atoms. The molecule has 1 aliphatic carbocycles. The lowest BCUT2D eigenvalue weighted by Crippen LogP contribution is -2.47. The van der Waals surface area contributed by atoms with E-state index in [-0.39, 0.29) is 30.1 Å². The van der Waals surface area contributed by atoms with Crippen LogP contribution in [-0.2, 0) is 16.0 Å². The Morgan fingerprint density at radius 1 is 1.03 bits per heavy atom. The van der Waals surface area contributed by atoms with E-state index >= 15 is 0 Å². The molecule has 0 unspecified atom stereocenters. The molecule has 1 heterocycles. The number of carbonyl (C=O) groups excluding carboxylic acids is 2. The molecule has 1 aromatic heterocycles. The lowest BCUT2D eigenvalue weighted by atomic mass is 9.99. The fourth-order valence-electron chi connectivity index (χ4n) is 4.64. The van der Waals surface area contributed by atoms with Gasteiger partial charge in [-0.2, -0.15) is 0 Å². The summed E-state index contributed by atoms with van der Waals surface area (Å²) in [6.07, 6.45) is 4.25. The van der Waals surface area contributed by atoms with Crippen LogP contribution in [0.15, 0.2) is 60.0 Å². The molecule has 0 saturated heterocycles. The van der Waals surface area contributed by atoms with Crippen molar-refractivity contribution < 1.29 is 14.0 Å². The molecule has 2 amide bonds. The van der Waals surface area contributed by atoms with Crippen LogP contribution in [0.4, 0.5) is 10.1 Å². The first-order valence-electron chi connectivity index (χ1n) is 11.4. The van der Waals surface area contributed by atoms with Crippen molar-refractivity contribution in [3.8, 4) is 0 Å². The molecule has 4 nitrogen and oxygen atoms in total. The predicted octanol–water partition coefficient (Wildman–Crippen LogP) is 5.88. The van der Waals surface area contributed by atoms with E-state index in [0.29, 0.717) is 5.56 Å². The van der Waals surface area contributed by atoms with E-state index in [1.165, 1.54) is 23.5 Å². The number of hydrogen-bond donors (Lipinski definition) is 1. The summed E-state index contributed by atoms with van der Waals surface area (Å²) in [6.45, 7) is 3.90. The number of nitrogens with zero attached hydrogens (tertiary/aromatic N) is 1. The topological polar surface area (TPSA) is 49.4 Å². The second kappa shape index (κ2) is 10.3. The number of para-hydroxylation sites is 1. The standard InChI is InChI=1S/C27H29FN2O2S/c1-18-7-5-8-19(2)25(18)30(24(31)17-23-11-6-16-33-23)26(20-12-14-21(28)15-13-20)27(32)29-22-9-3-4-10-22/h5-8,11-16,22,26H,3-4,9-10,17H2,1-2H3,(H,29,32)/t26-/m0/s1. The summed E-state index contributed by atoms with van der Waals surface area (Å²) >= 11 is 1.52. The minimum atomic E-state index is -0.890. The van der Waals surface area contributed by atoms with E-state index in [9.17, 15) is 14.0 Å². The first kappa shape index (κ1) is 23.2. The Balaban J connectivity index is 1.81. The number of aryl methyl sites for hydroxylation is 2. The van der Waals surface area contributed by atoms with E-state index in [0.717, 1.165) is 47.4 Å². The van der Waals surface area contributed by atoms with E-state index in [4.69, 9.17) is 0 Å². The molecule has 1 saturated carbocycles. The third-order valence-corrected chi connectivity index (χ3v) is 7.12. The van der Waals surface area contributed by atoms with Gasteiger partial charge in [0.1, 0.15) is 11.9 Å². The number of halogens is 1. The van der Waals surface area contributed by atoms with Crippen LogP contribution in [0, 0.1) is 19.7 Å². The largest absolute Gasteiger partial charge is 0.351 e. The number of rotatable bonds is 7. The van der Waals surface area contributed by atoms with E-state index in [1.807, 2.05) is 49.6 Å². The number of amides is 2. The Hall–Kier alpha value is -2.99. The zero-order chi connectivity index (χ0) is 23.4. The molecule has 172 valence electrons.